The van der Waals surface area contributed by atoms with Crippen molar-refractivity contribution in [2.75, 3.05) is 33.4 Å². The van der Waals surface area contributed by atoms with Crippen LogP contribution in [0.3, 0.4) is 0 Å². The molecule has 4 nitrogen and oxygen atoms in total. The molecule has 1 saturated heterocycles. The van der Waals surface area contributed by atoms with Gasteiger partial charge in [0.25, 0.3) is 0 Å². The SMILES string of the molecule is CCN1CCC(C(CO)C(=O)OC)CC1. The summed E-state index contributed by atoms with van der Waals surface area (Å²) in [4.78, 5) is 13.8. The van der Waals surface area contributed by atoms with Crippen LogP contribution in [0, 0.1) is 11.8 Å². The van der Waals surface area contributed by atoms with Gasteiger partial charge in [0.2, 0.25) is 0 Å². The van der Waals surface area contributed by atoms with E-state index in [1.54, 1.807) is 0 Å². The lowest BCUT2D eigenvalue weighted by Crippen LogP contribution is -2.39. The summed E-state index contributed by atoms with van der Waals surface area (Å²) in [5.41, 5.74) is 0. The highest BCUT2D eigenvalue weighted by Crippen LogP contribution is 2.25. The summed E-state index contributed by atoms with van der Waals surface area (Å²) in [5.74, 6) is -0.313. The summed E-state index contributed by atoms with van der Waals surface area (Å²) in [6.45, 7) is 5.16. The van der Waals surface area contributed by atoms with Crippen molar-refractivity contribution in [2.24, 2.45) is 11.8 Å². The number of esters is 1. The Labute approximate surface area is 91.2 Å². The minimum atomic E-state index is -0.325. The molecule has 0 spiro atoms. The second-order valence-electron chi connectivity index (χ2n) is 4.08. The number of aliphatic hydroxyl groups is 1. The molecule has 0 aromatic rings. The highest BCUT2D eigenvalue weighted by molar-refractivity contribution is 5.72. The van der Waals surface area contributed by atoms with Crippen molar-refractivity contribution < 1.29 is 14.6 Å². The lowest BCUT2D eigenvalue weighted by atomic mass is 9.84. The summed E-state index contributed by atoms with van der Waals surface area (Å²) in [7, 11) is 1.38. The molecule has 1 fully saturated rings. The minimum Gasteiger partial charge on any atom is -0.469 e. The zero-order chi connectivity index (χ0) is 11.3. The number of hydrogen-bond acceptors (Lipinski definition) is 4. The molecule has 0 aliphatic carbocycles. The molecule has 1 aliphatic heterocycles. The number of methoxy groups -OCH3 is 1. The maximum absolute atomic E-state index is 11.4. The monoisotopic (exact) mass is 215 g/mol. The third kappa shape index (κ3) is 3.18. The average Bonchev–Trinajstić information content (AvgIpc) is 2.30. The smallest absolute Gasteiger partial charge is 0.311 e. The molecule has 0 aromatic heterocycles. The van der Waals surface area contributed by atoms with Gasteiger partial charge in [-0.05, 0) is 38.4 Å². The number of aliphatic hydroxyl groups excluding tert-OH is 1. The first-order valence-corrected chi connectivity index (χ1v) is 5.64. The van der Waals surface area contributed by atoms with Crippen LogP contribution in [0.4, 0.5) is 0 Å². The minimum absolute atomic E-state index is 0.0938. The molecule has 1 heterocycles. The van der Waals surface area contributed by atoms with Crippen molar-refractivity contribution in [3.63, 3.8) is 0 Å². The van der Waals surface area contributed by atoms with Crippen molar-refractivity contribution in [1.29, 1.82) is 0 Å². The van der Waals surface area contributed by atoms with E-state index in [0.717, 1.165) is 32.5 Å². The summed E-state index contributed by atoms with van der Waals surface area (Å²) >= 11 is 0. The first-order valence-electron chi connectivity index (χ1n) is 5.64. The van der Waals surface area contributed by atoms with Gasteiger partial charge in [0.1, 0.15) is 0 Å². The molecule has 1 atom stereocenters. The first kappa shape index (κ1) is 12.5. The van der Waals surface area contributed by atoms with E-state index in [9.17, 15) is 9.90 Å². The third-order valence-corrected chi connectivity index (χ3v) is 3.35. The number of rotatable bonds is 4. The van der Waals surface area contributed by atoms with Crippen LogP contribution in [-0.4, -0.2) is 49.3 Å². The van der Waals surface area contributed by atoms with Gasteiger partial charge in [0.05, 0.1) is 19.6 Å². The number of piperidine rings is 1. The fourth-order valence-electron chi connectivity index (χ4n) is 2.24. The largest absolute Gasteiger partial charge is 0.469 e. The Morgan fingerprint density at radius 2 is 2.13 bits per heavy atom. The van der Waals surface area contributed by atoms with Crippen LogP contribution < -0.4 is 0 Å². The molecule has 1 aliphatic rings. The van der Waals surface area contributed by atoms with Gasteiger partial charge in [-0.3, -0.25) is 4.79 Å². The Morgan fingerprint density at radius 1 is 1.53 bits per heavy atom. The molecule has 1 N–H and O–H groups in total. The van der Waals surface area contributed by atoms with Crippen molar-refractivity contribution in [3.05, 3.63) is 0 Å². The number of carbonyl (C=O) groups excluding carboxylic acids is 1. The number of ether oxygens (including phenoxy) is 1. The molecule has 1 rings (SSSR count). The first-order chi connectivity index (χ1) is 7.22. The fraction of sp³-hybridized carbons (Fsp3) is 0.909. The quantitative estimate of drug-likeness (QED) is 0.694. The number of carbonyl (C=O) groups is 1. The molecule has 88 valence electrons. The van der Waals surface area contributed by atoms with E-state index >= 15 is 0 Å². The van der Waals surface area contributed by atoms with Crippen LogP contribution in [0.1, 0.15) is 19.8 Å². The summed E-state index contributed by atoms with van der Waals surface area (Å²) < 4.78 is 4.70. The molecule has 0 amide bonds. The predicted molar refractivity (Wildman–Crippen MR) is 57.4 cm³/mol. The van der Waals surface area contributed by atoms with Gasteiger partial charge in [-0.2, -0.15) is 0 Å². The van der Waals surface area contributed by atoms with Gasteiger partial charge in [0.15, 0.2) is 0 Å². The molecular weight excluding hydrogens is 194 g/mol. The summed E-state index contributed by atoms with van der Waals surface area (Å²) in [6.07, 6.45) is 1.96. The number of hydrogen-bond donors (Lipinski definition) is 1. The van der Waals surface area contributed by atoms with Gasteiger partial charge in [-0.25, -0.2) is 0 Å². The van der Waals surface area contributed by atoms with E-state index in [0.29, 0.717) is 0 Å². The van der Waals surface area contributed by atoms with Gasteiger partial charge >= 0.3 is 5.97 Å². The Balaban J connectivity index is 2.46. The standard InChI is InChI=1S/C11H21NO3/c1-3-12-6-4-9(5-7-12)10(8-13)11(14)15-2/h9-10,13H,3-8H2,1-2H3. The van der Waals surface area contributed by atoms with Gasteiger partial charge in [-0.15, -0.1) is 0 Å². The molecule has 0 aromatic carbocycles. The van der Waals surface area contributed by atoms with Crippen molar-refractivity contribution >= 4 is 5.97 Å². The normalized spacial score (nSPS) is 21.3. The van der Waals surface area contributed by atoms with E-state index in [1.807, 2.05) is 0 Å². The molecule has 0 bridgehead atoms. The number of nitrogens with zero attached hydrogens (tertiary/aromatic N) is 1. The van der Waals surface area contributed by atoms with Crippen LogP contribution in [0.2, 0.25) is 0 Å². The predicted octanol–water partition coefficient (Wildman–Crippen LogP) is 0.500. The van der Waals surface area contributed by atoms with Crippen LogP contribution in [-0.2, 0) is 9.53 Å². The summed E-state index contributed by atoms with van der Waals surface area (Å²) in [5, 5.41) is 9.19. The maximum atomic E-state index is 11.4. The average molecular weight is 215 g/mol. The van der Waals surface area contributed by atoms with E-state index in [1.165, 1.54) is 7.11 Å². The number of likely N-dealkylation sites (tertiary alicyclic amines) is 1. The van der Waals surface area contributed by atoms with Crippen molar-refractivity contribution in [3.8, 4) is 0 Å². The Bertz CT molecular complexity index is 200. The highest BCUT2D eigenvalue weighted by Gasteiger charge is 2.31. The molecular formula is C11H21NO3. The Morgan fingerprint density at radius 3 is 2.53 bits per heavy atom. The molecule has 1 unspecified atom stereocenters. The van der Waals surface area contributed by atoms with E-state index < -0.39 is 0 Å². The van der Waals surface area contributed by atoms with Crippen LogP contribution in [0.5, 0.6) is 0 Å². The van der Waals surface area contributed by atoms with Gasteiger partial charge < -0.3 is 14.7 Å². The van der Waals surface area contributed by atoms with E-state index in [-0.39, 0.29) is 24.4 Å². The highest BCUT2D eigenvalue weighted by atomic mass is 16.5. The lowest BCUT2D eigenvalue weighted by Gasteiger charge is -2.33. The summed E-state index contributed by atoms with van der Waals surface area (Å²) in [6, 6.07) is 0. The second kappa shape index (κ2) is 6.08. The zero-order valence-corrected chi connectivity index (χ0v) is 9.61. The van der Waals surface area contributed by atoms with Crippen LogP contribution in [0.25, 0.3) is 0 Å². The van der Waals surface area contributed by atoms with E-state index in [4.69, 9.17) is 4.74 Å². The van der Waals surface area contributed by atoms with Gasteiger partial charge in [-0.1, -0.05) is 6.92 Å². The van der Waals surface area contributed by atoms with Crippen molar-refractivity contribution in [2.45, 2.75) is 19.8 Å². The molecule has 15 heavy (non-hydrogen) atoms. The van der Waals surface area contributed by atoms with Crippen molar-refractivity contribution in [1.82, 2.24) is 4.90 Å². The zero-order valence-electron chi connectivity index (χ0n) is 9.61. The van der Waals surface area contributed by atoms with Gasteiger partial charge in [0, 0.05) is 0 Å². The topological polar surface area (TPSA) is 49.8 Å². The molecule has 0 radical (unpaired) electrons. The third-order valence-electron chi connectivity index (χ3n) is 3.35. The molecule has 4 heteroatoms. The van der Waals surface area contributed by atoms with Crippen LogP contribution >= 0.6 is 0 Å². The van der Waals surface area contributed by atoms with Crippen LogP contribution in [0.15, 0.2) is 0 Å². The lowest BCUT2D eigenvalue weighted by molar-refractivity contribution is -0.149. The Kier molecular flexibility index (Phi) is 5.05. The molecule has 0 saturated carbocycles. The maximum Gasteiger partial charge on any atom is 0.311 e. The van der Waals surface area contributed by atoms with E-state index in [2.05, 4.69) is 11.8 Å². The Hall–Kier alpha value is -0.610. The fourth-order valence-corrected chi connectivity index (χ4v) is 2.24. The second-order valence-corrected chi connectivity index (χ2v) is 4.08.